The van der Waals surface area contributed by atoms with Crippen LogP contribution in [0.4, 0.5) is 0 Å². The van der Waals surface area contributed by atoms with Crippen molar-refractivity contribution in [3.05, 3.63) is 60.1 Å². The monoisotopic (exact) mass is 315 g/mol. The second-order valence-corrected chi connectivity index (χ2v) is 5.29. The Morgan fingerprint density at radius 1 is 0.957 bits per heavy atom. The van der Waals surface area contributed by atoms with Gasteiger partial charge < -0.3 is 15.1 Å². The van der Waals surface area contributed by atoms with Gasteiger partial charge >= 0.3 is 0 Å². The maximum Gasteiger partial charge on any atom is 0.234 e. The van der Waals surface area contributed by atoms with Crippen molar-refractivity contribution in [3.8, 4) is 0 Å². The number of nitrogens with one attached hydrogen (secondary N) is 2. The van der Waals surface area contributed by atoms with Gasteiger partial charge in [-0.2, -0.15) is 0 Å². The summed E-state index contributed by atoms with van der Waals surface area (Å²) < 4.78 is 5.13. The van der Waals surface area contributed by atoms with Gasteiger partial charge in [0.2, 0.25) is 11.8 Å². The molecule has 0 bridgehead atoms. The van der Waals surface area contributed by atoms with Crippen LogP contribution in [-0.4, -0.2) is 36.9 Å². The number of benzene rings is 1. The smallest absolute Gasteiger partial charge is 0.234 e. The molecule has 2 N–H and O–H groups in total. The van der Waals surface area contributed by atoms with E-state index in [4.69, 9.17) is 4.42 Å². The third-order valence-electron chi connectivity index (χ3n) is 3.20. The van der Waals surface area contributed by atoms with Gasteiger partial charge in [0.05, 0.1) is 25.9 Å². The predicted molar refractivity (Wildman–Crippen MR) is 86.3 cm³/mol. The molecule has 6 heteroatoms. The lowest BCUT2D eigenvalue weighted by Gasteiger charge is -2.15. The van der Waals surface area contributed by atoms with Crippen LogP contribution in [0.15, 0.2) is 53.1 Å². The van der Waals surface area contributed by atoms with Gasteiger partial charge in [-0.15, -0.1) is 0 Å². The lowest BCUT2D eigenvalue weighted by Crippen LogP contribution is -2.40. The van der Waals surface area contributed by atoms with Crippen molar-refractivity contribution < 1.29 is 14.0 Å². The van der Waals surface area contributed by atoms with Crippen molar-refractivity contribution in [2.45, 2.75) is 13.1 Å². The fourth-order valence-corrected chi connectivity index (χ4v) is 2.05. The number of hydrogen-bond acceptors (Lipinski definition) is 4. The van der Waals surface area contributed by atoms with Crippen molar-refractivity contribution >= 4 is 11.8 Å². The summed E-state index contributed by atoms with van der Waals surface area (Å²) in [6, 6.07) is 13.2. The molecule has 2 amide bonds. The Hall–Kier alpha value is -2.60. The van der Waals surface area contributed by atoms with E-state index in [1.807, 2.05) is 30.3 Å². The van der Waals surface area contributed by atoms with E-state index < -0.39 is 0 Å². The van der Waals surface area contributed by atoms with Crippen LogP contribution in [0, 0.1) is 0 Å². The first kappa shape index (κ1) is 16.8. The summed E-state index contributed by atoms with van der Waals surface area (Å²) in [5.74, 6) is 0.427. The molecule has 6 nitrogen and oxygen atoms in total. The molecule has 1 aromatic heterocycles. The quantitative estimate of drug-likeness (QED) is 0.766. The molecule has 2 rings (SSSR count). The Balaban J connectivity index is 1.64. The summed E-state index contributed by atoms with van der Waals surface area (Å²) in [4.78, 5) is 25.3. The largest absolute Gasteiger partial charge is 0.467 e. The minimum atomic E-state index is -0.153. The number of rotatable bonds is 8. The number of carbonyl (C=O) groups is 2. The van der Waals surface area contributed by atoms with E-state index in [0.717, 1.165) is 5.56 Å². The van der Waals surface area contributed by atoms with Crippen LogP contribution < -0.4 is 10.6 Å². The summed E-state index contributed by atoms with van der Waals surface area (Å²) in [5, 5.41) is 5.57. The number of nitrogens with zero attached hydrogens (tertiary/aromatic N) is 1. The average molecular weight is 315 g/mol. The predicted octanol–water partition coefficient (Wildman–Crippen LogP) is 1.14. The molecule has 0 saturated carbocycles. The second kappa shape index (κ2) is 8.75. The van der Waals surface area contributed by atoms with Gasteiger partial charge in [-0.3, -0.25) is 14.5 Å². The van der Waals surface area contributed by atoms with Crippen LogP contribution in [0.2, 0.25) is 0 Å². The number of hydrogen-bond donors (Lipinski definition) is 2. The molecule has 1 aromatic carbocycles. The molecule has 0 fully saturated rings. The summed E-state index contributed by atoms with van der Waals surface area (Å²) in [7, 11) is 1.73. The lowest BCUT2D eigenvalue weighted by molar-refractivity contribution is -0.124. The molecule has 122 valence electrons. The zero-order valence-corrected chi connectivity index (χ0v) is 13.1. The van der Waals surface area contributed by atoms with Gasteiger partial charge in [0.1, 0.15) is 5.76 Å². The van der Waals surface area contributed by atoms with Gasteiger partial charge in [0.25, 0.3) is 0 Å². The molecule has 0 saturated heterocycles. The van der Waals surface area contributed by atoms with Crippen LogP contribution in [0.25, 0.3) is 0 Å². The van der Waals surface area contributed by atoms with Gasteiger partial charge in [-0.25, -0.2) is 0 Å². The van der Waals surface area contributed by atoms with E-state index in [-0.39, 0.29) is 24.9 Å². The van der Waals surface area contributed by atoms with E-state index in [2.05, 4.69) is 10.6 Å². The van der Waals surface area contributed by atoms with Crippen LogP contribution in [0.3, 0.4) is 0 Å². The first-order chi connectivity index (χ1) is 11.1. The molecule has 0 spiro atoms. The first-order valence-corrected chi connectivity index (χ1v) is 7.42. The SMILES string of the molecule is CN(CC(=O)NCc1ccccc1)CC(=O)NCc1ccco1. The minimum absolute atomic E-state index is 0.116. The molecule has 0 atom stereocenters. The highest BCUT2D eigenvalue weighted by Crippen LogP contribution is 1.99. The molecule has 0 unspecified atom stereocenters. The molecule has 0 radical (unpaired) electrons. The third-order valence-corrected chi connectivity index (χ3v) is 3.20. The molecule has 1 heterocycles. The Morgan fingerprint density at radius 3 is 2.22 bits per heavy atom. The summed E-state index contributed by atoms with van der Waals surface area (Å²) >= 11 is 0. The topological polar surface area (TPSA) is 74.6 Å². The highest BCUT2D eigenvalue weighted by Gasteiger charge is 2.10. The molecule has 2 aromatic rings. The zero-order valence-electron chi connectivity index (χ0n) is 13.1. The Bertz CT molecular complexity index is 611. The molecule has 0 aliphatic carbocycles. The fraction of sp³-hybridized carbons (Fsp3) is 0.294. The number of likely N-dealkylation sites (N-methyl/N-ethyl adjacent to an activating group) is 1. The number of carbonyl (C=O) groups excluding carboxylic acids is 2. The lowest BCUT2D eigenvalue weighted by atomic mass is 10.2. The van der Waals surface area contributed by atoms with Crippen molar-refractivity contribution in [2.24, 2.45) is 0 Å². The molecular formula is C17H21N3O3. The first-order valence-electron chi connectivity index (χ1n) is 7.42. The Kier molecular flexibility index (Phi) is 6.38. The van der Waals surface area contributed by atoms with E-state index >= 15 is 0 Å². The van der Waals surface area contributed by atoms with Gasteiger partial charge in [-0.05, 0) is 24.7 Å². The normalized spacial score (nSPS) is 10.5. The van der Waals surface area contributed by atoms with Crippen molar-refractivity contribution in [1.29, 1.82) is 0 Å². The van der Waals surface area contributed by atoms with Gasteiger partial charge in [-0.1, -0.05) is 30.3 Å². The third kappa shape index (κ3) is 6.36. The molecule has 0 aliphatic heterocycles. The van der Waals surface area contributed by atoms with E-state index in [1.54, 1.807) is 30.3 Å². The van der Waals surface area contributed by atoms with Crippen molar-refractivity contribution in [3.63, 3.8) is 0 Å². The van der Waals surface area contributed by atoms with Gasteiger partial charge in [0, 0.05) is 6.54 Å². The summed E-state index contributed by atoms with van der Waals surface area (Å²) in [5.41, 5.74) is 1.04. The van der Waals surface area contributed by atoms with Crippen molar-refractivity contribution in [2.75, 3.05) is 20.1 Å². The average Bonchev–Trinajstić information content (AvgIpc) is 3.05. The zero-order chi connectivity index (χ0) is 16.5. The van der Waals surface area contributed by atoms with Crippen LogP contribution in [0.1, 0.15) is 11.3 Å². The highest BCUT2D eigenvalue weighted by molar-refractivity contribution is 5.81. The van der Waals surface area contributed by atoms with Gasteiger partial charge in [0.15, 0.2) is 0 Å². The summed E-state index contributed by atoms with van der Waals surface area (Å²) in [6.45, 7) is 1.15. The molecule has 0 aliphatic rings. The maximum atomic E-state index is 11.9. The van der Waals surface area contributed by atoms with E-state index in [9.17, 15) is 9.59 Å². The Morgan fingerprint density at radius 2 is 1.61 bits per heavy atom. The number of amides is 2. The highest BCUT2D eigenvalue weighted by atomic mass is 16.3. The maximum absolute atomic E-state index is 11.9. The second-order valence-electron chi connectivity index (χ2n) is 5.29. The molecular weight excluding hydrogens is 294 g/mol. The standard InChI is InChI=1S/C17H21N3O3/c1-20(13-17(22)19-11-15-8-5-9-23-15)12-16(21)18-10-14-6-3-2-4-7-14/h2-9H,10-13H2,1H3,(H,18,21)(H,19,22). The fourth-order valence-electron chi connectivity index (χ4n) is 2.05. The van der Waals surface area contributed by atoms with E-state index in [1.165, 1.54) is 0 Å². The minimum Gasteiger partial charge on any atom is -0.467 e. The number of furan rings is 1. The van der Waals surface area contributed by atoms with Crippen LogP contribution in [0.5, 0.6) is 0 Å². The molecule has 23 heavy (non-hydrogen) atoms. The van der Waals surface area contributed by atoms with Crippen LogP contribution in [-0.2, 0) is 22.7 Å². The van der Waals surface area contributed by atoms with Crippen LogP contribution >= 0.6 is 0 Å². The Labute approximate surface area is 135 Å². The van der Waals surface area contributed by atoms with Crippen molar-refractivity contribution in [1.82, 2.24) is 15.5 Å². The summed E-state index contributed by atoms with van der Waals surface area (Å²) in [6.07, 6.45) is 1.56. The van der Waals surface area contributed by atoms with E-state index in [0.29, 0.717) is 18.8 Å².